The smallest absolute Gasteiger partial charge is 0.276 e. The maximum Gasteiger partial charge on any atom is 0.276 e. The second-order valence-electron chi connectivity index (χ2n) is 4.56. The van der Waals surface area contributed by atoms with Crippen molar-refractivity contribution in [3.63, 3.8) is 0 Å². The Balaban J connectivity index is 1.89. The first-order chi connectivity index (χ1) is 9.63. The summed E-state index contributed by atoms with van der Waals surface area (Å²) in [6.45, 7) is 3.87. The van der Waals surface area contributed by atoms with Crippen LogP contribution in [-0.2, 0) is 0 Å². The Hall–Kier alpha value is -2.27. The van der Waals surface area contributed by atoms with Crippen LogP contribution < -0.4 is 5.32 Å². The van der Waals surface area contributed by atoms with Gasteiger partial charge in [0.05, 0.1) is 10.2 Å². The van der Waals surface area contributed by atoms with E-state index in [9.17, 15) is 4.79 Å². The Morgan fingerprint density at radius 2 is 1.90 bits per heavy atom. The van der Waals surface area contributed by atoms with Crippen molar-refractivity contribution in [2.75, 3.05) is 5.32 Å². The third-order valence-corrected chi connectivity index (χ3v) is 3.90. The van der Waals surface area contributed by atoms with Gasteiger partial charge >= 0.3 is 0 Å². The summed E-state index contributed by atoms with van der Waals surface area (Å²) in [5.41, 5.74) is 3.26. The number of nitrogens with one attached hydrogen (secondary N) is 1. The lowest BCUT2D eigenvalue weighted by molar-refractivity contribution is 0.102. The molecule has 20 heavy (non-hydrogen) atoms. The molecule has 0 fully saturated rings. The van der Waals surface area contributed by atoms with Crippen LogP contribution in [0.2, 0.25) is 0 Å². The van der Waals surface area contributed by atoms with Gasteiger partial charge in [0.15, 0.2) is 5.13 Å². The SMILES string of the molecule is Cc1cccc(C(=O)Nc2nc3c(C)cccc3s2)n1. The topological polar surface area (TPSA) is 54.9 Å². The highest BCUT2D eigenvalue weighted by Gasteiger charge is 2.11. The van der Waals surface area contributed by atoms with Crippen LogP contribution >= 0.6 is 11.3 Å². The number of amides is 1. The predicted octanol–water partition coefficient (Wildman–Crippen LogP) is 3.56. The summed E-state index contributed by atoms with van der Waals surface area (Å²) in [5.74, 6) is -0.231. The number of thiazole rings is 1. The van der Waals surface area contributed by atoms with Crippen molar-refractivity contribution < 1.29 is 4.79 Å². The molecule has 3 rings (SSSR count). The predicted molar refractivity (Wildman–Crippen MR) is 81.3 cm³/mol. The van der Waals surface area contributed by atoms with Gasteiger partial charge in [-0.25, -0.2) is 9.97 Å². The molecule has 0 saturated carbocycles. The molecule has 100 valence electrons. The van der Waals surface area contributed by atoms with Gasteiger partial charge in [0.25, 0.3) is 5.91 Å². The summed E-state index contributed by atoms with van der Waals surface area (Å²) in [4.78, 5) is 20.8. The van der Waals surface area contributed by atoms with E-state index >= 15 is 0 Å². The van der Waals surface area contributed by atoms with Gasteiger partial charge in [-0.05, 0) is 37.6 Å². The second kappa shape index (κ2) is 5.02. The van der Waals surface area contributed by atoms with Gasteiger partial charge in [-0.3, -0.25) is 10.1 Å². The minimum absolute atomic E-state index is 0.231. The molecule has 2 heterocycles. The fraction of sp³-hybridized carbons (Fsp3) is 0.133. The van der Waals surface area contributed by atoms with E-state index in [-0.39, 0.29) is 5.91 Å². The molecule has 0 aliphatic heterocycles. The molecule has 0 unspecified atom stereocenters. The molecular weight excluding hydrogens is 270 g/mol. The molecule has 5 heteroatoms. The average Bonchev–Trinajstić information content (AvgIpc) is 2.83. The lowest BCUT2D eigenvalue weighted by Crippen LogP contribution is -2.13. The minimum atomic E-state index is -0.231. The number of pyridine rings is 1. The zero-order valence-electron chi connectivity index (χ0n) is 11.2. The van der Waals surface area contributed by atoms with Crippen LogP contribution in [0.1, 0.15) is 21.7 Å². The standard InChI is InChI=1S/C15H13N3OS/c1-9-5-3-8-12-13(9)17-15(20-12)18-14(19)11-7-4-6-10(2)16-11/h3-8H,1-2H3,(H,17,18,19). The highest BCUT2D eigenvalue weighted by molar-refractivity contribution is 7.22. The van der Waals surface area contributed by atoms with Crippen LogP contribution in [0.4, 0.5) is 5.13 Å². The van der Waals surface area contributed by atoms with E-state index in [4.69, 9.17) is 0 Å². The third kappa shape index (κ3) is 2.40. The van der Waals surface area contributed by atoms with Crippen molar-refractivity contribution in [2.45, 2.75) is 13.8 Å². The first kappa shape index (κ1) is 12.7. The number of hydrogen-bond acceptors (Lipinski definition) is 4. The molecule has 0 aliphatic rings. The van der Waals surface area contributed by atoms with E-state index in [1.165, 1.54) is 11.3 Å². The lowest BCUT2D eigenvalue weighted by atomic mass is 10.2. The number of benzene rings is 1. The van der Waals surface area contributed by atoms with Crippen molar-refractivity contribution in [2.24, 2.45) is 0 Å². The van der Waals surface area contributed by atoms with Crippen molar-refractivity contribution in [1.82, 2.24) is 9.97 Å². The largest absolute Gasteiger partial charge is 0.296 e. The summed E-state index contributed by atoms with van der Waals surface area (Å²) in [6.07, 6.45) is 0. The average molecular weight is 283 g/mol. The third-order valence-electron chi connectivity index (χ3n) is 2.96. The Morgan fingerprint density at radius 3 is 2.65 bits per heavy atom. The van der Waals surface area contributed by atoms with E-state index in [0.29, 0.717) is 10.8 Å². The number of carbonyl (C=O) groups excluding carboxylic acids is 1. The summed E-state index contributed by atoms with van der Waals surface area (Å²) in [7, 11) is 0. The van der Waals surface area contributed by atoms with Crippen LogP contribution in [0.5, 0.6) is 0 Å². The molecule has 1 amide bonds. The maximum atomic E-state index is 12.1. The van der Waals surface area contributed by atoms with E-state index in [0.717, 1.165) is 21.5 Å². The minimum Gasteiger partial charge on any atom is -0.296 e. The highest BCUT2D eigenvalue weighted by Crippen LogP contribution is 2.28. The monoisotopic (exact) mass is 283 g/mol. The molecule has 4 nitrogen and oxygen atoms in total. The van der Waals surface area contributed by atoms with E-state index in [1.54, 1.807) is 6.07 Å². The molecule has 0 bridgehead atoms. The Morgan fingerprint density at radius 1 is 1.10 bits per heavy atom. The van der Waals surface area contributed by atoms with Gasteiger partial charge in [-0.15, -0.1) is 0 Å². The van der Waals surface area contributed by atoms with E-state index in [2.05, 4.69) is 15.3 Å². The van der Waals surface area contributed by atoms with E-state index < -0.39 is 0 Å². The molecule has 0 spiro atoms. The van der Waals surface area contributed by atoms with Crippen molar-refractivity contribution in [1.29, 1.82) is 0 Å². The van der Waals surface area contributed by atoms with E-state index in [1.807, 2.05) is 44.2 Å². The molecule has 0 saturated heterocycles. The van der Waals surface area contributed by atoms with Crippen LogP contribution in [0, 0.1) is 13.8 Å². The zero-order valence-corrected chi connectivity index (χ0v) is 12.0. The van der Waals surface area contributed by atoms with Crippen molar-refractivity contribution in [3.8, 4) is 0 Å². The maximum absolute atomic E-state index is 12.1. The fourth-order valence-electron chi connectivity index (χ4n) is 1.97. The molecule has 0 aliphatic carbocycles. The number of aromatic nitrogens is 2. The molecule has 0 radical (unpaired) electrons. The van der Waals surface area contributed by atoms with Crippen molar-refractivity contribution >= 4 is 32.6 Å². The number of rotatable bonds is 2. The number of para-hydroxylation sites is 1. The summed E-state index contributed by atoms with van der Waals surface area (Å²) in [6, 6.07) is 11.4. The van der Waals surface area contributed by atoms with Crippen molar-refractivity contribution in [3.05, 3.63) is 53.3 Å². The van der Waals surface area contributed by atoms with Crippen LogP contribution in [0.15, 0.2) is 36.4 Å². The normalized spacial score (nSPS) is 10.7. The van der Waals surface area contributed by atoms with Crippen LogP contribution in [0.25, 0.3) is 10.2 Å². The Bertz CT molecular complexity index is 795. The Labute approximate surface area is 120 Å². The Kier molecular flexibility index (Phi) is 3.20. The number of nitrogens with zero attached hydrogens (tertiary/aromatic N) is 2. The van der Waals surface area contributed by atoms with Gasteiger partial charge in [0, 0.05) is 5.69 Å². The molecular formula is C15H13N3OS. The van der Waals surface area contributed by atoms with Gasteiger partial charge in [0.1, 0.15) is 5.69 Å². The van der Waals surface area contributed by atoms with Crippen LogP contribution in [0.3, 0.4) is 0 Å². The second-order valence-corrected chi connectivity index (χ2v) is 5.59. The molecule has 1 aromatic carbocycles. The molecule has 1 N–H and O–H groups in total. The molecule has 3 aromatic rings. The summed E-state index contributed by atoms with van der Waals surface area (Å²) < 4.78 is 1.07. The van der Waals surface area contributed by atoms with Crippen LogP contribution in [-0.4, -0.2) is 15.9 Å². The summed E-state index contributed by atoms with van der Waals surface area (Å²) >= 11 is 1.47. The summed E-state index contributed by atoms with van der Waals surface area (Å²) in [5, 5.41) is 3.41. The zero-order chi connectivity index (χ0) is 14.1. The van der Waals surface area contributed by atoms with Gasteiger partial charge < -0.3 is 0 Å². The van der Waals surface area contributed by atoms with Gasteiger partial charge in [-0.1, -0.05) is 29.5 Å². The first-order valence-electron chi connectivity index (χ1n) is 6.24. The number of anilines is 1. The number of fused-ring (bicyclic) bond motifs is 1. The molecule has 0 atom stereocenters. The number of aryl methyl sites for hydroxylation is 2. The fourth-order valence-corrected chi connectivity index (χ4v) is 2.91. The van der Waals surface area contributed by atoms with Gasteiger partial charge in [0.2, 0.25) is 0 Å². The lowest BCUT2D eigenvalue weighted by Gasteiger charge is -2.01. The number of carbonyl (C=O) groups is 1. The number of hydrogen-bond donors (Lipinski definition) is 1. The molecule has 2 aromatic heterocycles. The van der Waals surface area contributed by atoms with Gasteiger partial charge in [-0.2, -0.15) is 0 Å². The highest BCUT2D eigenvalue weighted by atomic mass is 32.1. The first-order valence-corrected chi connectivity index (χ1v) is 7.06. The quantitative estimate of drug-likeness (QED) is 0.782.